The van der Waals surface area contributed by atoms with E-state index in [-0.39, 0.29) is 11.3 Å². The normalized spacial score (nSPS) is 10.1. The summed E-state index contributed by atoms with van der Waals surface area (Å²) in [5.74, 6) is 0.0378. The number of phenols is 1. The summed E-state index contributed by atoms with van der Waals surface area (Å²) in [7, 11) is 0. The number of amides is 1. The zero-order valence-electron chi connectivity index (χ0n) is 9.84. The maximum atomic E-state index is 12.0. The molecule has 2 aromatic rings. The molecule has 2 rings (SSSR count). The Morgan fingerprint density at radius 2 is 2.11 bits per heavy atom. The van der Waals surface area contributed by atoms with Gasteiger partial charge in [-0.25, -0.2) is 4.98 Å². The Kier molecular flexibility index (Phi) is 3.14. The molecule has 0 aliphatic heterocycles. The van der Waals surface area contributed by atoms with E-state index in [0.717, 1.165) is 5.56 Å². The van der Waals surface area contributed by atoms with Crippen molar-refractivity contribution in [1.29, 1.82) is 0 Å². The van der Waals surface area contributed by atoms with Gasteiger partial charge in [0, 0.05) is 11.9 Å². The number of nitrogens with two attached hydrogens (primary N) is 1. The predicted molar refractivity (Wildman–Crippen MR) is 69.4 cm³/mol. The fourth-order valence-electron chi connectivity index (χ4n) is 1.53. The van der Waals surface area contributed by atoms with Gasteiger partial charge in [-0.3, -0.25) is 4.79 Å². The molecular weight excluding hydrogens is 230 g/mol. The van der Waals surface area contributed by atoms with Crippen LogP contribution >= 0.6 is 0 Å². The van der Waals surface area contributed by atoms with Gasteiger partial charge in [0.2, 0.25) is 0 Å². The van der Waals surface area contributed by atoms with Crippen molar-refractivity contribution >= 4 is 17.4 Å². The largest absolute Gasteiger partial charge is 0.508 e. The molecule has 5 nitrogen and oxygen atoms in total. The Morgan fingerprint density at radius 3 is 2.83 bits per heavy atom. The molecule has 0 bridgehead atoms. The fourth-order valence-corrected chi connectivity index (χ4v) is 1.53. The third-order valence-corrected chi connectivity index (χ3v) is 2.44. The van der Waals surface area contributed by atoms with E-state index >= 15 is 0 Å². The Balaban J connectivity index is 2.24. The smallest absolute Gasteiger partial charge is 0.259 e. The average molecular weight is 243 g/mol. The first-order valence-corrected chi connectivity index (χ1v) is 5.39. The molecule has 0 aliphatic rings. The number of aromatic nitrogens is 1. The van der Waals surface area contributed by atoms with Crippen LogP contribution < -0.4 is 11.1 Å². The van der Waals surface area contributed by atoms with Gasteiger partial charge in [-0.1, -0.05) is 0 Å². The number of anilines is 2. The minimum Gasteiger partial charge on any atom is -0.508 e. The number of pyridine rings is 1. The third-order valence-electron chi connectivity index (χ3n) is 2.44. The van der Waals surface area contributed by atoms with Crippen LogP contribution in [0.2, 0.25) is 0 Å². The predicted octanol–water partition coefficient (Wildman–Crippen LogP) is 1.93. The minimum atomic E-state index is -0.401. The first kappa shape index (κ1) is 11.9. The van der Waals surface area contributed by atoms with E-state index in [9.17, 15) is 9.90 Å². The molecule has 0 atom stereocenters. The second-order valence-electron chi connectivity index (χ2n) is 3.94. The molecule has 1 amide bonds. The van der Waals surface area contributed by atoms with Crippen molar-refractivity contribution in [3.8, 4) is 5.75 Å². The number of nitrogen functional groups attached to an aromatic ring is 1. The Labute approximate surface area is 104 Å². The van der Waals surface area contributed by atoms with Crippen molar-refractivity contribution in [2.75, 3.05) is 11.1 Å². The van der Waals surface area contributed by atoms with E-state index in [2.05, 4.69) is 10.3 Å². The molecule has 1 aromatic carbocycles. The molecule has 1 aromatic heterocycles. The van der Waals surface area contributed by atoms with Crippen LogP contribution in [0.5, 0.6) is 5.75 Å². The number of phenolic OH excluding ortho intramolecular Hbond substituents is 1. The van der Waals surface area contributed by atoms with E-state index < -0.39 is 5.91 Å². The van der Waals surface area contributed by atoms with E-state index in [1.54, 1.807) is 12.3 Å². The summed E-state index contributed by atoms with van der Waals surface area (Å²) in [6, 6.07) is 7.81. The third kappa shape index (κ3) is 2.57. The summed E-state index contributed by atoms with van der Waals surface area (Å²) in [6.45, 7) is 1.90. The maximum absolute atomic E-state index is 12.0. The van der Waals surface area contributed by atoms with Gasteiger partial charge in [-0.15, -0.1) is 0 Å². The average Bonchev–Trinajstić information content (AvgIpc) is 2.32. The molecular formula is C13H13N3O2. The van der Waals surface area contributed by atoms with Crippen LogP contribution in [0, 0.1) is 6.92 Å². The molecule has 0 saturated carbocycles. The lowest BCUT2D eigenvalue weighted by molar-refractivity contribution is 0.102. The van der Waals surface area contributed by atoms with Crippen molar-refractivity contribution in [3.63, 3.8) is 0 Å². The lowest BCUT2D eigenvalue weighted by atomic mass is 10.1. The van der Waals surface area contributed by atoms with Crippen molar-refractivity contribution in [1.82, 2.24) is 4.98 Å². The van der Waals surface area contributed by atoms with Crippen molar-refractivity contribution in [3.05, 3.63) is 47.7 Å². The Morgan fingerprint density at radius 1 is 1.33 bits per heavy atom. The fraction of sp³-hybridized carbons (Fsp3) is 0.0769. The number of nitrogens with zero attached hydrogens (tertiary/aromatic N) is 1. The van der Waals surface area contributed by atoms with Crippen LogP contribution in [-0.2, 0) is 0 Å². The number of hydrogen-bond donors (Lipinski definition) is 3. The number of rotatable bonds is 2. The van der Waals surface area contributed by atoms with E-state index in [1.165, 1.54) is 18.2 Å². The zero-order chi connectivity index (χ0) is 13.1. The van der Waals surface area contributed by atoms with Crippen LogP contribution in [0.3, 0.4) is 0 Å². The van der Waals surface area contributed by atoms with E-state index in [4.69, 9.17) is 5.73 Å². The highest BCUT2D eigenvalue weighted by Crippen LogP contribution is 2.19. The number of aryl methyl sites for hydroxylation is 1. The molecule has 4 N–H and O–H groups in total. The van der Waals surface area contributed by atoms with Crippen LogP contribution in [0.25, 0.3) is 0 Å². The molecule has 0 unspecified atom stereocenters. The summed E-state index contributed by atoms with van der Waals surface area (Å²) in [4.78, 5) is 16.0. The number of hydrogen-bond acceptors (Lipinski definition) is 4. The molecule has 18 heavy (non-hydrogen) atoms. The van der Waals surface area contributed by atoms with Gasteiger partial charge in [0.15, 0.2) is 0 Å². The summed E-state index contributed by atoms with van der Waals surface area (Å²) < 4.78 is 0. The van der Waals surface area contributed by atoms with Gasteiger partial charge in [-0.2, -0.15) is 0 Å². The summed E-state index contributed by atoms with van der Waals surface area (Å²) in [6.07, 6.45) is 1.61. The van der Waals surface area contributed by atoms with Gasteiger partial charge < -0.3 is 16.2 Å². The van der Waals surface area contributed by atoms with E-state index in [1.807, 2.05) is 13.0 Å². The lowest BCUT2D eigenvalue weighted by Gasteiger charge is -2.07. The van der Waals surface area contributed by atoms with Gasteiger partial charge >= 0.3 is 0 Å². The lowest BCUT2D eigenvalue weighted by Crippen LogP contribution is -2.14. The summed E-state index contributed by atoms with van der Waals surface area (Å²) >= 11 is 0. The number of aromatic hydroxyl groups is 1. The van der Waals surface area contributed by atoms with Crippen molar-refractivity contribution in [2.45, 2.75) is 6.92 Å². The van der Waals surface area contributed by atoms with Crippen molar-refractivity contribution < 1.29 is 9.90 Å². The monoisotopic (exact) mass is 243 g/mol. The molecule has 92 valence electrons. The maximum Gasteiger partial charge on any atom is 0.259 e. The van der Waals surface area contributed by atoms with Crippen LogP contribution in [-0.4, -0.2) is 16.0 Å². The SMILES string of the molecule is Cc1ccnc(NC(=O)c2cc(O)ccc2N)c1. The quantitative estimate of drug-likeness (QED) is 0.555. The first-order valence-electron chi connectivity index (χ1n) is 5.39. The van der Waals surface area contributed by atoms with Gasteiger partial charge in [0.1, 0.15) is 11.6 Å². The molecule has 0 aliphatic carbocycles. The number of carbonyl (C=O) groups is 1. The highest BCUT2D eigenvalue weighted by atomic mass is 16.3. The topological polar surface area (TPSA) is 88.2 Å². The number of nitrogens with one attached hydrogen (secondary N) is 1. The van der Waals surface area contributed by atoms with Crippen LogP contribution in [0.4, 0.5) is 11.5 Å². The molecule has 0 spiro atoms. The zero-order valence-corrected chi connectivity index (χ0v) is 9.84. The van der Waals surface area contributed by atoms with Gasteiger partial charge in [0.25, 0.3) is 5.91 Å². The molecule has 0 saturated heterocycles. The molecule has 0 radical (unpaired) electrons. The number of carbonyl (C=O) groups excluding carboxylic acids is 1. The molecule has 0 fully saturated rings. The van der Waals surface area contributed by atoms with Crippen molar-refractivity contribution in [2.24, 2.45) is 0 Å². The highest BCUT2D eigenvalue weighted by Gasteiger charge is 2.11. The first-order chi connectivity index (χ1) is 8.56. The summed E-state index contributed by atoms with van der Waals surface area (Å²) in [5.41, 5.74) is 7.20. The standard InChI is InChI=1S/C13H13N3O2/c1-8-4-5-15-12(6-8)16-13(18)10-7-9(17)2-3-11(10)14/h2-7,17H,14H2,1H3,(H,15,16,18). The van der Waals surface area contributed by atoms with Gasteiger partial charge in [0.05, 0.1) is 5.56 Å². The Bertz CT molecular complexity index is 597. The Hall–Kier alpha value is -2.56. The van der Waals surface area contributed by atoms with Gasteiger partial charge in [-0.05, 0) is 42.8 Å². The number of benzene rings is 1. The minimum absolute atomic E-state index is 0.00782. The molecule has 5 heteroatoms. The van der Waals surface area contributed by atoms with Crippen LogP contribution in [0.1, 0.15) is 15.9 Å². The highest BCUT2D eigenvalue weighted by molar-refractivity contribution is 6.07. The second kappa shape index (κ2) is 4.75. The summed E-state index contributed by atoms with van der Waals surface area (Å²) in [5, 5.41) is 12.0. The van der Waals surface area contributed by atoms with E-state index in [0.29, 0.717) is 11.5 Å². The van der Waals surface area contributed by atoms with Crippen LogP contribution in [0.15, 0.2) is 36.5 Å². The molecule has 1 heterocycles. The second-order valence-corrected chi connectivity index (χ2v) is 3.94.